The number of nitrogens with zero attached hydrogens (tertiary/aromatic N) is 4. The molecule has 1 amide bonds. The van der Waals surface area contributed by atoms with Crippen LogP contribution in [0, 0.1) is 18.3 Å². The van der Waals surface area contributed by atoms with Crippen LogP contribution in [0.1, 0.15) is 48.0 Å². The average molecular weight is 438 g/mol. The van der Waals surface area contributed by atoms with Crippen LogP contribution in [0.2, 0.25) is 0 Å². The third-order valence-electron chi connectivity index (χ3n) is 5.23. The molecule has 2 heterocycles. The number of carbonyl (C=O) groups excluding carboxylic acids is 1. The van der Waals surface area contributed by atoms with E-state index in [0.29, 0.717) is 15.7 Å². The first-order chi connectivity index (χ1) is 14.6. The lowest BCUT2D eigenvalue weighted by atomic mass is 10.1. The van der Waals surface area contributed by atoms with E-state index in [9.17, 15) is 10.1 Å². The second-order valence-electron chi connectivity index (χ2n) is 7.33. The summed E-state index contributed by atoms with van der Waals surface area (Å²) < 4.78 is 1.95. The minimum Gasteiger partial charge on any atom is -0.316 e. The Morgan fingerprint density at radius 2 is 2.00 bits per heavy atom. The monoisotopic (exact) mass is 437 g/mol. The maximum absolute atomic E-state index is 12.9. The first-order valence-electron chi connectivity index (χ1n) is 10.1. The number of thioether (sulfide) groups is 1. The van der Waals surface area contributed by atoms with Gasteiger partial charge in [0.2, 0.25) is 5.91 Å². The van der Waals surface area contributed by atoms with E-state index >= 15 is 0 Å². The van der Waals surface area contributed by atoms with Gasteiger partial charge in [0.25, 0.3) is 0 Å². The molecule has 154 valence electrons. The van der Waals surface area contributed by atoms with Gasteiger partial charge in [0.05, 0.1) is 10.8 Å². The topological polar surface area (TPSA) is 83.6 Å². The lowest BCUT2D eigenvalue weighted by Crippen LogP contribution is -2.23. The highest BCUT2D eigenvalue weighted by atomic mass is 32.2. The van der Waals surface area contributed by atoms with Gasteiger partial charge in [0.1, 0.15) is 16.9 Å². The molecule has 1 aliphatic rings. The Hall–Kier alpha value is -2.63. The molecule has 1 aromatic carbocycles. The Balaban J connectivity index is 1.52. The number of benzene rings is 1. The SMILES string of the molecule is Cc1nnc(S[C@H](C)C(=O)Nc2sc3c(c2C#N)CCCCC3)n1-c1ccccc1. The molecule has 1 N–H and O–H groups in total. The Labute approximate surface area is 184 Å². The van der Waals surface area contributed by atoms with Crippen molar-refractivity contribution in [3.63, 3.8) is 0 Å². The highest BCUT2D eigenvalue weighted by Crippen LogP contribution is 2.37. The van der Waals surface area contributed by atoms with Gasteiger partial charge in [-0.15, -0.1) is 21.5 Å². The number of amides is 1. The summed E-state index contributed by atoms with van der Waals surface area (Å²) in [5.74, 6) is 0.637. The van der Waals surface area contributed by atoms with Crippen molar-refractivity contribution in [1.29, 1.82) is 5.26 Å². The molecule has 0 radical (unpaired) electrons. The summed E-state index contributed by atoms with van der Waals surface area (Å²) in [7, 11) is 0. The highest BCUT2D eigenvalue weighted by Gasteiger charge is 2.24. The molecule has 0 saturated heterocycles. The lowest BCUT2D eigenvalue weighted by Gasteiger charge is -2.13. The average Bonchev–Trinajstić information content (AvgIpc) is 3.18. The minimum absolute atomic E-state index is 0.131. The smallest absolute Gasteiger partial charge is 0.238 e. The van der Waals surface area contributed by atoms with Crippen molar-refractivity contribution in [3.05, 3.63) is 52.2 Å². The standard InChI is InChI=1S/C22H23N5OS2/c1-14(29-22-26-25-15(2)27(22)16-9-5-3-6-10-16)20(28)24-21-18(13-23)17-11-7-4-8-12-19(17)30-21/h3,5-6,9-10,14H,4,7-8,11-12H2,1-2H3,(H,24,28)/t14-/m1/s1. The number of thiophene rings is 1. The quantitative estimate of drug-likeness (QED) is 0.453. The van der Waals surface area contributed by atoms with E-state index in [1.807, 2.05) is 48.7 Å². The fourth-order valence-corrected chi connectivity index (χ4v) is 5.82. The second kappa shape index (κ2) is 9.02. The van der Waals surface area contributed by atoms with E-state index in [-0.39, 0.29) is 11.2 Å². The molecule has 3 aromatic rings. The van der Waals surface area contributed by atoms with Gasteiger partial charge < -0.3 is 5.32 Å². The van der Waals surface area contributed by atoms with Crippen LogP contribution in [-0.4, -0.2) is 25.9 Å². The predicted molar refractivity (Wildman–Crippen MR) is 120 cm³/mol. The lowest BCUT2D eigenvalue weighted by molar-refractivity contribution is -0.115. The van der Waals surface area contributed by atoms with Gasteiger partial charge in [0, 0.05) is 10.6 Å². The third kappa shape index (κ3) is 4.13. The molecule has 1 aliphatic carbocycles. The number of anilines is 1. The van der Waals surface area contributed by atoms with Crippen molar-refractivity contribution in [2.24, 2.45) is 0 Å². The van der Waals surface area contributed by atoms with Crippen LogP contribution in [0.4, 0.5) is 5.00 Å². The molecule has 8 heteroatoms. The maximum atomic E-state index is 12.9. The van der Waals surface area contributed by atoms with E-state index in [0.717, 1.165) is 42.8 Å². The van der Waals surface area contributed by atoms with Crippen LogP contribution in [0.3, 0.4) is 0 Å². The van der Waals surface area contributed by atoms with Gasteiger partial charge in [-0.25, -0.2) is 0 Å². The predicted octanol–water partition coefficient (Wildman–Crippen LogP) is 4.90. The molecule has 30 heavy (non-hydrogen) atoms. The molecule has 0 spiro atoms. The van der Waals surface area contributed by atoms with Crippen LogP contribution in [0.25, 0.3) is 5.69 Å². The number of hydrogen-bond acceptors (Lipinski definition) is 6. The number of nitrogens with one attached hydrogen (secondary N) is 1. The molecule has 0 saturated carbocycles. The van der Waals surface area contributed by atoms with Crippen LogP contribution in [0.15, 0.2) is 35.5 Å². The number of aromatic nitrogens is 3. The minimum atomic E-state index is -0.385. The van der Waals surface area contributed by atoms with Gasteiger partial charge in [-0.2, -0.15) is 5.26 Å². The fourth-order valence-electron chi connectivity index (χ4n) is 3.67. The molecular formula is C22H23N5OS2. The van der Waals surface area contributed by atoms with Crippen molar-refractivity contribution in [2.75, 3.05) is 5.32 Å². The molecule has 0 fully saturated rings. The summed E-state index contributed by atoms with van der Waals surface area (Å²) in [6.07, 6.45) is 5.37. The van der Waals surface area contributed by atoms with Gasteiger partial charge in [-0.05, 0) is 57.2 Å². The number of carbonyl (C=O) groups is 1. The van der Waals surface area contributed by atoms with E-state index in [2.05, 4.69) is 21.6 Å². The van der Waals surface area contributed by atoms with Crippen LogP contribution >= 0.6 is 23.1 Å². The second-order valence-corrected chi connectivity index (χ2v) is 9.74. The van der Waals surface area contributed by atoms with E-state index in [1.54, 1.807) is 11.3 Å². The van der Waals surface area contributed by atoms with Crippen LogP contribution < -0.4 is 5.32 Å². The summed E-state index contributed by atoms with van der Waals surface area (Å²) >= 11 is 2.92. The Morgan fingerprint density at radius 1 is 1.23 bits per heavy atom. The Kier molecular flexibility index (Phi) is 6.21. The molecule has 1 atom stereocenters. The number of hydrogen-bond donors (Lipinski definition) is 1. The summed E-state index contributed by atoms with van der Waals surface area (Å²) in [5.41, 5.74) is 2.74. The number of para-hydroxylation sites is 1. The largest absolute Gasteiger partial charge is 0.316 e. The zero-order valence-electron chi connectivity index (χ0n) is 17.0. The molecule has 4 rings (SSSR count). The molecule has 2 aromatic heterocycles. The van der Waals surface area contributed by atoms with Crippen molar-refractivity contribution in [2.45, 2.75) is 56.4 Å². The molecule has 0 bridgehead atoms. The summed E-state index contributed by atoms with van der Waals surface area (Å²) in [5, 5.41) is 22.1. The van der Waals surface area contributed by atoms with Gasteiger partial charge in [-0.3, -0.25) is 9.36 Å². The van der Waals surface area contributed by atoms with E-state index in [1.165, 1.54) is 23.1 Å². The number of nitriles is 1. The first-order valence-corrected chi connectivity index (χ1v) is 11.8. The zero-order chi connectivity index (χ0) is 21.1. The fraction of sp³-hybridized carbons (Fsp3) is 0.364. The maximum Gasteiger partial charge on any atom is 0.238 e. The summed E-state index contributed by atoms with van der Waals surface area (Å²) in [4.78, 5) is 14.2. The Bertz CT molecular complexity index is 1100. The molecule has 0 aliphatic heterocycles. The number of aryl methyl sites for hydroxylation is 2. The summed E-state index contributed by atoms with van der Waals surface area (Å²) in [6, 6.07) is 12.2. The van der Waals surface area contributed by atoms with Crippen molar-refractivity contribution in [3.8, 4) is 11.8 Å². The molecule has 6 nitrogen and oxygen atoms in total. The van der Waals surface area contributed by atoms with Crippen LogP contribution in [0.5, 0.6) is 0 Å². The molecule has 0 unspecified atom stereocenters. The van der Waals surface area contributed by atoms with Gasteiger partial charge in [0.15, 0.2) is 5.16 Å². The first kappa shape index (κ1) is 20.6. The highest BCUT2D eigenvalue weighted by molar-refractivity contribution is 8.00. The van der Waals surface area contributed by atoms with Crippen molar-refractivity contribution in [1.82, 2.24) is 14.8 Å². The van der Waals surface area contributed by atoms with E-state index < -0.39 is 0 Å². The number of fused-ring (bicyclic) bond motifs is 1. The number of rotatable bonds is 5. The van der Waals surface area contributed by atoms with Gasteiger partial charge >= 0.3 is 0 Å². The van der Waals surface area contributed by atoms with Gasteiger partial charge in [-0.1, -0.05) is 36.4 Å². The van der Waals surface area contributed by atoms with Crippen molar-refractivity contribution >= 4 is 34.0 Å². The Morgan fingerprint density at radius 3 is 2.77 bits per heavy atom. The molecular weight excluding hydrogens is 414 g/mol. The third-order valence-corrected chi connectivity index (χ3v) is 7.48. The zero-order valence-corrected chi connectivity index (χ0v) is 18.6. The van der Waals surface area contributed by atoms with Crippen molar-refractivity contribution < 1.29 is 4.79 Å². The summed E-state index contributed by atoms with van der Waals surface area (Å²) in [6.45, 7) is 3.75. The normalized spacial score (nSPS) is 14.4. The van der Waals surface area contributed by atoms with Crippen LogP contribution in [-0.2, 0) is 17.6 Å². The van der Waals surface area contributed by atoms with E-state index in [4.69, 9.17) is 0 Å².